The molecule has 0 aliphatic carbocycles. The number of pyridine rings is 1. The number of rotatable bonds is 3. The molecule has 0 amide bonds. The Morgan fingerprint density at radius 3 is 2.39 bits per heavy atom. The number of nitriles is 1. The molecule has 1 heterocycles. The number of nitrogens with one attached hydrogen (secondary N) is 1. The second kappa shape index (κ2) is 5.85. The van der Waals surface area contributed by atoms with E-state index in [1.165, 1.54) is 6.07 Å². The van der Waals surface area contributed by atoms with Gasteiger partial charge in [0.05, 0.1) is 28.3 Å². The van der Waals surface area contributed by atoms with Gasteiger partial charge in [0.15, 0.2) is 0 Å². The highest BCUT2D eigenvalue weighted by atomic mass is 32.2. The quantitative estimate of drug-likeness (QED) is 0.867. The largest absolute Gasteiger partial charge is 0.417 e. The van der Waals surface area contributed by atoms with E-state index >= 15 is 0 Å². The zero-order valence-electron chi connectivity index (χ0n) is 11.1. The molecule has 1 aromatic heterocycles. The average molecular weight is 345 g/mol. The maximum Gasteiger partial charge on any atom is 0.417 e. The normalized spacial score (nSPS) is 11.8. The van der Waals surface area contributed by atoms with Gasteiger partial charge in [-0.2, -0.15) is 18.4 Å². The number of halogens is 4. The van der Waals surface area contributed by atoms with E-state index in [0.717, 1.165) is 30.5 Å². The minimum absolute atomic E-state index is 0.260. The summed E-state index contributed by atoms with van der Waals surface area (Å²) in [5, 5.41) is 8.68. The van der Waals surface area contributed by atoms with Crippen molar-refractivity contribution in [3.05, 3.63) is 53.5 Å². The van der Waals surface area contributed by atoms with Gasteiger partial charge in [-0.05, 0) is 30.3 Å². The Hall–Kier alpha value is -2.67. The molecule has 0 aliphatic heterocycles. The number of alkyl halides is 3. The first kappa shape index (κ1) is 16.7. The molecule has 2 aromatic rings. The Labute approximate surface area is 128 Å². The first-order chi connectivity index (χ1) is 10.6. The molecule has 0 bridgehead atoms. The van der Waals surface area contributed by atoms with E-state index in [4.69, 9.17) is 5.26 Å². The molecule has 1 N–H and O–H groups in total. The van der Waals surface area contributed by atoms with Crippen LogP contribution in [0, 0.1) is 17.1 Å². The molecular formula is C13H7F4N3O2S. The second-order valence-electron chi connectivity index (χ2n) is 4.28. The van der Waals surface area contributed by atoms with Crippen LogP contribution in [-0.4, -0.2) is 13.4 Å². The summed E-state index contributed by atoms with van der Waals surface area (Å²) in [6.45, 7) is 0. The number of aromatic nitrogens is 1. The average Bonchev–Trinajstić information content (AvgIpc) is 2.48. The molecule has 0 spiro atoms. The van der Waals surface area contributed by atoms with Gasteiger partial charge in [-0.15, -0.1) is 0 Å². The van der Waals surface area contributed by atoms with Gasteiger partial charge >= 0.3 is 6.18 Å². The molecule has 23 heavy (non-hydrogen) atoms. The van der Waals surface area contributed by atoms with Crippen LogP contribution in [0.2, 0.25) is 0 Å². The number of hydrogen-bond acceptors (Lipinski definition) is 4. The Morgan fingerprint density at radius 2 is 1.87 bits per heavy atom. The zero-order chi connectivity index (χ0) is 17.3. The highest BCUT2D eigenvalue weighted by Gasteiger charge is 2.35. The molecular weight excluding hydrogens is 338 g/mol. The van der Waals surface area contributed by atoms with Gasteiger partial charge in [-0.1, -0.05) is 0 Å². The number of nitrogens with zero attached hydrogens (tertiary/aromatic N) is 2. The van der Waals surface area contributed by atoms with Crippen molar-refractivity contribution in [1.29, 1.82) is 5.26 Å². The van der Waals surface area contributed by atoms with Crippen molar-refractivity contribution in [2.24, 2.45) is 0 Å². The van der Waals surface area contributed by atoms with E-state index in [2.05, 4.69) is 4.98 Å². The van der Waals surface area contributed by atoms with Crippen LogP contribution in [-0.2, 0) is 16.2 Å². The van der Waals surface area contributed by atoms with Gasteiger partial charge in [-0.25, -0.2) is 17.8 Å². The minimum Gasteiger partial charge on any atom is -0.263 e. The topological polar surface area (TPSA) is 82.8 Å². The van der Waals surface area contributed by atoms with Gasteiger partial charge in [-0.3, -0.25) is 4.72 Å². The Bertz CT molecular complexity index is 872. The molecule has 0 atom stereocenters. The summed E-state index contributed by atoms with van der Waals surface area (Å²) in [7, 11) is -4.38. The number of hydrogen-bond donors (Lipinski definition) is 1. The van der Waals surface area contributed by atoms with Gasteiger partial charge in [0.2, 0.25) is 0 Å². The summed E-state index contributed by atoms with van der Waals surface area (Å²) >= 11 is 0. The molecule has 5 nitrogen and oxygen atoms in total. The van der Waals surface area contributed by atoms with Crippen LogP contribution in [0.5, 0.6) is 0 Å². The fourth-order valence-electron chi connectivity index (χ4n) is 1.66. The molecule has 0 saturated carbocycles. The van der Waals surface area contributed by atoms with Crippen LogP contribution in [0.1, 0.15) is 11.1 Å². The van der Waals surface area contributed by atoms with Crippen molar-refractivity contribution in [2.45, 2.75) is 11.1 Å². The standard InChI is InChI=1S/C13H7F4N3O2S/c14-9-2-4-12(19-7-9)20-23(21,22)10-3-1-8(6-18)11(5-10)13(15,16)17/h1-5,7H,(H,19,20). The predicted octanol–water partition coefficient (Wildman–Crippen LogP) is 2.91. The van der Waals surface area contributed by atoms with Gasteiger partial charge < -0.3 is 0 Å². The summed E-state index contributed by atoms with van der Waals surface area (Å²) in [4.78, 5) is 2.75. The smallest absolute Gasteiger partial charge is 0.263 e. The zero-order valence-corrected chi connectivity index (χ0v) is 11.9. The van der Waals surface area contributed by atoms with Gasteiger partial charge in [0, 0.05) is 0 Å². The summed E-state index contributed by atoms with van der Waals surface area (Å²) in [6.07, 6.45) is -4.14. The van der Waals surface area contributed by atoms with Crippen LogP contribution in [0.3, 0.4) is 0 Å². The van der Waals surface area contributed by atoms with Crippen LogP contribution in [0.15, 0.2) is 41.4 Å². The molecule has 120 valence electrons. The summed E-state index contributed by atoms with van der Waals surface area (Å²) in [5.74, 6) is -0.963. The van der Waals surface area contributed by atoms with Crippen molar-refractivity contribution in [3.8, 4) is 6.07 Å². The summed E-state index contributed by atoms with van der Waals surface area (Å²) in [5.41, 5.74) is -2.06. The highest BCUT2D eigenvalue weighted by Crippen LogP contribution is 2.33. The summed E-state index contributed by atoms with van der Waals surface area (Å²) < 4.78 is 77.3. The van der Waals surface area contributed by atoms with Crippen molar-refractivity contribution in [3.63, 3.8) is 0 Å². The number of anilines is 1. The minimum atomic E-state index is -4.88. The molecule has 0 unspecified atom stereocenters. The van der Waals surface area contributed by atoms with E-state index in [1.807, 2.05) is 4.72 Å². The van der Waals surface area contributed by atoms with Crippen LogP contribution in [0.25, 0.3) is 0 Å². The molecule has 0 radical (unpaired) electrons. The fraction of sp³-hybridized carbons (Fsp3) is 0.0769. The van der Waals surface area contributed by atoms with Crippen LogP contribution < -0.4 is 4.72 Å². The van der Waals surface area contributed by atoms with Crippen molar-refractivity contribution >= 4 is 15.8 Å². The third-order valence-corrected chi connectivity index (χ3v) is 4.05. The Kier molecular flexibility index (Phi) is 4.24. The van der Waals surface area contributed by atoms with Gasteiger partial charge in [0.25, 0.3) is 10.0 Å². The third-order valence-electron chi connectivity index (χ3n) is 2.69. The summed E-state index contributed by atoms with van der Waals surface area (Å²) in [6, 6.07) is 5.27. The van der Waals surface area contributed by atoms with E-state index in [9.17, 15) is 26.0 Å². The number of benzene rings is 1. The lowest BCUT2D eigenvalue weighted by molar-refractivity contribution is -0.137. The molecule has 10 heteroatoms. The molecule has 1 aromatic carbocycles. The SMILES string of the molecule is N#Cc1ccc(S(=O)(=O)Nc2ccc(F)cn2)cc1C(F)(F)F. The van der Waals surface area contributed by atoms with Gasteiger partial charge in [0.1, 0.15) is 11.6 Å². The van der Waals surface area contributed by atoms with E-state index in [-0.39, 0.29) is 5.82 Å². The van der Waals surface area contributed by atoms with Crippen molar-refractivity contribution in [1.82, 2.24) is 4.98 Å². The van der Waals surface area contributed by atoms with E-state index < -0.39 is 38.0 Å². The fourth-order valence-corrected chi connectivity index (χ4v) is 2.69. The second-order valence-corrected chi connectivity index (χ2v) is 5.97. The molecule has 0 aliphatic rings. The van der Waals surface area contributed by atoms with E-state index in [0.29, 0.717) is 6.07 Å². The molecule has 2 rings (SSSR count). The highest BCUT2D eigenvalue weighted by molar-refractivity contribution is 7.92. The molecule has 0 fully saturated rings. The maximum absolute atomic E-state index is 12.9. The first-order valence-corrected chi connectivity index (χ1v) is 7.37. The molecule has 0 saturated heterocycles. The van der Waals surface area contributed by atoms with Crippen molar-refractivity contribution < 1.29 is 26.0 Å². The Balaban J connectivity index is 2.44. The maximum atomic E-state index is 12.9. The van der Waals surface area contributed by atoms with Crippen molar-refractivity contribution in [2.75, 3.05) is 4.72 Å². The van der Waals surface area contributed by atoms with Crippen LogP contribution in [0.4, 0.5) is 23.4 Å². The lowest BCUT2D eigenvalue weighted by Crippen LogP contribution is -2.16. The number of sulfonamides is 1. The predicted molar refractivity (Wildman–Crippen MR) is 71.2 cm³/mol. The third kappa shape index (κ3) is 3.75. The van der Waals surface area contributed by atoms with Crippen LogP contribution >= 0.6 is 0 Å². The first-order valence-electron chi connectivity index (χ1n) is 5.89. The lowest BCUT2D eigenvalue weighted by Gasteiger charge is -2.12. The lowest BCUT2D eigenvalue weighted by atomic mass is 10.1. The Morgan fingerprint density at radius 1 is 1.17 bits per heavy atom. The van der Waals surface area contributed by atoms with E-state index in [1.54, 1.807) is 0 Å². The monoisotopic (exact) mass is 345 g/mol.